The highest BCUT2D eigenvalue weighted by molar-refractivity contribution is 14.1. The molecule has 1 aromatic heterocycles. The van der Waals surface area contributed by atoms with Crippen molar-refractivity contribution >= 4 is 30.7 Å². The topological polar surface area (TPSA) is 54.9 Å². The summed E-state index contributed by atoms with van der Waals surface area (Å²) in [7, 11) is 0.0894. The van der Waals surface area contributed by atoms with E-state index in [1.54, 1.807) is 7.05 Å². The number of hydrogen-bond donors (Lipinski definition) is 1. The van der Waals surface area contributed by atoms with Crippen LogP contribution in [0.5, 0.6) is 0 Å². The molecule has 6 heteroatoms. The number of nitrogens with one attached hydrogen (secondary N) is 1. The number of hydrogen-bond acceptors (Lipinski definition) is 2. The van der Waals surface area contributed by atoms with Crippen LogP contribution in [0.1, 0.15) is 5.56 Å². The molecule has 0 aliphatic carbocycles. The SMILES string of the molecule is Cn1c(I)c(C#C[Si](C)(C)C)c(=O)[nH]c1=O. The molecule has 0 fully saturated rings. The van der Waals surface area contributed by atoms with Gasteiger partial charge in [-0.3, -0.25) is 14.3 Å². The second-order valence-electron chi connectivity index (χ2n) is 4.48. The van der Waals surface area contributed by atoms with Crippen molar-refractivity contribution in [3.63, 3.8) is 0 Å². The summed E-state index contributed by atoms with van der Waals surface area (Å²) in [6.45, 7) is 6.30. The molecule has 0 saturated carbocycles. The molecule has 0 aliphatic heterocycles. The van der Waals surface area contributed by atoms with Crippen molar-refractivity contribution in [1.29, 1.82) is 0 Å². The Hall–Kier alpha value is -0.813. The highest BCUT2D eigenvalue weighted by Crippen LogP contribution is 2.04. The Morgan fingerprint density at radius 1 is 1.31 bits per heavy atom. The molecule has 16 heavy (non-hydrogen) atoms. The Morgan fingerprint density at radius 3 is 2.38 bits per heavy atom. The van der Waals surface area contributed by atoms with Crippen LogP contribution < -0.4 is 11.2 Å². The first-order chi connectivity index (χ1) is 7.22. The third-order valence-electron chi connectivity index (χ3n) is 1.82. The third-order valence-corrected chi connectivity index (χ3v) is 3.95. The maximum absolute atomic E-state index is 11.6. The number of nitrogens with zero attached hydrogens (tertiary/aromatic N) is 1. The summed E-state index contributed by atoms with van der Waals surface area (Å²) in [6.07, 6.45) is 0. The molecule has 86 valence electrons. The first-order valence-corrected chi connectivity index (χ1v) is 9.32. The molecule has 0 aliphatic rings. The number of aromatic amines is 1. The van der Waals surface area contributed by atoms with Gasteiger partial charge in [0.1, 0.15) is 17.3 Å². The van der Waals surface area contributed by atoms with Crippen molar-refractivity contribution in [2.75, 3.05) is 0 Å². The third kappa shape index (κ3) is 3.09. The molecule has 0 atom stereocenters. The molecule has 0 saturated heterocycles. The zero-order valence-electron chi connectivity index (χ0n) is 9.64. The van der Waals surface area contributed by atoms with Crippen LogP contribution in [-0.2, 0) is 7.05 Å². The monoisotopic (exact) mass is 348 g/mol. The van der Waals surface area contributed by atoms with E-state index >= 15 is 0 Å². The van der Waals surface area contributed by atoms with Gasteiger partial charge in [0, 0.05) is 7.05 Å². The van der Waals surface area contributed by atoms with E-state index in [1.807, 2.05) is 22.6 Å². The Kier molecular flexibility index (Phi) is 3.80. The predicted molar refractivity (Wildman–Crippen MR) is 75.2 cm³/mol. The molecule has 1 N–H and O–H groups in total. The quantitative estimate of drug-likeness (QED) is 0.328. The Labute approximate surface area is 108 Å². The van der Waals surface area contributed by atoms with Gasteiger partial charge in [-0.25, -0.2) is 4.79 Å². The fourth-order valence-electron chi connectivity index (χ4n) is 0.952. The van der Waals surface area contributed by atoms with Crippen LogP contribution in [0, 0.1) is 15.2 Å². The van der Waals surface area contributed by atoms with Crippen LogP contribution >= 0.6 is 22.6 Å². The highest BCUT2D eigenvalue weighted by atomic mass is 127. The van der Waals surface area contributed by atoms with Gasteiger partial charge in [-0.05, 0) is 22.6 Å². The van der Waals surface area contributed by atoms with E-state index in [2.05, 4.69) is 36.1 Å². The van der Waals surface area contributed by atoms with Gasteiger partial charge in [0.2, 0.25) is 0 Å². The van der Waals surface area contributed by atoms with Crippen molar-refractivity contribution in [2.24, 2.45) is 7.05 Å². The van der Waals surface area contributed by atoms with E-state index < -0.39 is 19.3 Å². The molecule has 0 amide bonds. The lowest BCUT2D eigenvalue weighted by molar-refractivity contribution is 0.771. The van der Waals surface area contributed by atoms with Crippen LogP contribution in [-0.4, -0.2) is 17.6 Å². The van der Waals surface area contributed by atoms with E-state index in [1.165, 1.54) is 4.57 Å². The summed E-state index contributed by atoms with van der Waals surface area (Å²) >= 11 is 1.96. The number of aromatic nitrogens is 2. The summed E-state index contributed by atoms with van der Waals surface area (Å²) in [6, 6.07) is 0. The fraction of sp³-hybridized carbons (Fsp3) is 0.400. The van der Waals surface area contributed by atoms with Crippen LogP contribution in [0.2, 0.25) is 19.6 Å². The van der Waals surface area contributed by atoms with E-state index in [4.69, 9.17) is 0 Å². The Balaban J connectivity index is 3.47. The molecule has 0 radical (unpaired) electrons. The molecule has 0 bridgehead atoms. The summed E-state index contributed by atoms with van der Waals surface area (Å²) in [5.74, 6) is 2.89. The first kappa shape index (κ1) is 13.3. The van der Waals surface area contributed by atoms with Gasteiger partial charge in [-0.1, -0.05) is 25.6 Å². The van der Waals surface area contributed by atoms with Crippen LogP contribution in [0.3, 0.4) is 0 Å². The second-order valence-corrected chi connectivity index (χ2v) is 10.3. The smallest absolute Gasteiger partial charge is 0.290 e. The summed E-state index contributed by atoms with van der Waals surface area (Å²) < 4.78 is 1.97. The van der Waals surface area contributed by atoms with E-state index in [9.17, 15) is 9.59 Å². The fourth-order valence-corrected chi connectivity index (χ4v) is 2.05. The van der Waals surface area contributed by atoms with Gasteiger partial charge in [-0.2, -0.15) is 0 Å². The van der Waals surface area contributed by atoms with Gasteiger partial charge in [-0.15, -0.1) is 5.54 Å². The minimum atomic E-state index is -1.52. The lowest BCUT2D eigenvalue weighted by Gasteiger charge is -2.05. The lowest BCUT2D eigenvalue weighted by atomic mass is 10.3. The zero-order valence-corrected chi connectivity index (χ0v) is 12.8. The molecule has 1 heterocycles. The number of halogens is 1. The zero-order chi connectivity index (χ0) is 12.5. The molecular weight excluding hydrogens is 335 g/mol. The second kappa shape index (κ2) is 4.59. The first-order valence-electron chi connectivity index (χ1n) is 4.74. The molecule has 0 spiro atoms. The summed E-state index contributed by atoms with van der Waals surface area (Å²) in [5.41, 5.74) is 2.68. The van der Waals surface area contributed by atoms with E-state index in [-0.39, 0.29) is 0 Å². The maximum atomic E-state index is 11.6. The van der Waals surface area contributed by atoms with Crippen LogP contribution in [0.25, 0.3) is 0 Å². The van der Waals surface area contributed by atoms with Crippen molar-refractivity contribution in [3.05, 3.63) is 30.1 Å². The largest absolute Gasteiger partial charge is 0.328 e. The van der Waals surface area contributed by atoms with Gasteiger partial charge in [0.15, 0.2) is 0 Å². The molecule has 0 unspecified atom stereocenters. The van der Waals surface area contributed by atoms with Crippen molar-refractivity contribution in [3.8, 4) is 11.5 Å². The normalized spacial score (nSPS) is 10.8. The molecule has 0 aromatic carbocycles. The molecule has 1 rings (SSSR count). The van der Waals surface area contributed by atoms with Crippen LogP contribution in [0.15, 0.2) is 9.59 Å². The number of H-pyrrole nitrogens is 1. The maximum Gasteiger partial charge on any atom is 0.328 e. The minimum absolute atomic E-state index is 0.380. The van der Waals surface area contributed by atoms with Crippen molar-refractivity contribution in [2.45, 2.75) is 19.6 Å². The average Bonchev–Trinajstić information content (AvgIpc) is 2.12. The van der Waals surface area contributed by atoms with Crippen molar-refractivity contribution in [1.82, 2.24) is 9.55 Å². The standard InChI is InChI=1S/C10H13IN2O2Si/c1-13-8(11)7(5-6-16(2,3)4)9(14)12-10(13)15/h1-4H3,(H,12,14,15). The minimum Gasteiger partial charge on any atom is -0.290 e. The Bertz CT molecular complexity index is 584. The predicted octanol–water partition coefficient (Wildman–Crippen LogP) is 0.907. The Morgan fingerprint density at radius 2 is 1.88 bits per heavy atom. The molecule has 1 aromatic rings. The van der Waals surface area contributed by atoms with E-state index in [0.717, 1.165) is 0 Å². The van der Waals surface area contributed by atoms with Gasteiger partial charge >= 0.3 is 5.69 Å². The van der Waals surface area contributed by atoms with E-state index in [0.29, 0.717) is 9.26 Å². The summed E-state index contributed by atoms with van der Waals surface area (Å²) in [4.78, 5) is 25.1. The van der Waals surface area contributed by atoms with Crippen molar-refractivity contribution < 1.29 is 0 Å². The van der Waals surface area contributed by atoms with Gasteiger partial charge in [0.25, 0.3) is 5.56 Å². The summed E-state index contributed by atoms with van der Waals surface area (Å²) in [5, 5.41) is 0. The van der Waals surface area contributed by atoms with Gasteiger partial charge < -0.3 is 0 Å². The highest BCUT2D eigenvalue weighted by Gasteiger charge is 2.11. The van der Waals surface area contributed by atoms with Crippen LogP contribution in [0.4, 0.5) is 0 Å². The average molecular weight is 348 g/mol. The lowest BCUT2D eigenvalue weighted by Crippen LogP contribution is -2.32. The number of rotatable bonds is 0. The molecular formula is C10H13IN2O2Si. The van der Waals surface area contributed by atoms with Gasteiger partial charge in [0.05, 0.1) is 0 Å². The molecule has 4 nitrogen and oxygen atoms in total.